The number of unbranched alkanes of at least 4 members (excludes halogenated alkanes) is 1. The first-order valence-corrected chi connectivity index (χ1v) is 7.64. The molecule has 0 aliphatic carbocycles. The van der Waals surface area contributed by atoms with Gasteiger partial charge in [0.2, 0.25) is 0 Å². The van der Waals surface area contributed by atoms with E-state index in [-0.39, 0.29) is 0 Å². The van der Waals surface area contributed by atoms with Gasteiger partial charge in [0.25, 0.3) is 0 Å². The summed E-state index contributed by atoms with van der Waals surface area (Å²) in [5, 5.41) is 4.65. The molecule has 0 saturated heterocycles. The quantitative estimate of drug-likeness (QED) is 0.531. The van der Waals surface area contributed by atoms with Gasteiger partial charge >= 0.3 is 0 Å². The Morgan fingerprint density at radius 2 is 1.94 bits per heavy atom. The second kappa shape index (κ2) is 8.08. The van der Waals surface area contributed by atoms with E-state index in [0.29, 0.717) is 0 Å². The van der Waals surface area contributed by atoms with Gasteiger partial charge in [0.15, 0.2) is 0 Å². The average molecular weight is 350 g/mol. The molecule has 0 unspecified atom stereocenters. The summed E-state index contributed by atoms with van der Waals surface area (Å²) in [5.74, 6) is 0. The summed E-state index contributed by atoms with van der Waals surface area (Å²) in [7, 11) is 0. The third-order valence-corrected chi connectivity index (χ3v) is 4.06. The molecule has 1 rings (SSSR count). The minimum Gasteiger partial charge on any atom is -0.380 e. The zero-order valence-corrected chi connectivity index (χ0v) is 13.3. The maximum absolute atomic E-state index is 5.60. The Kier molecular flexibility index (Phi) is 7.11. The molecule has 4 heteroatoms. The number of rotatable bonds is 8. The van der Waals surface area contributed by atoms with E-state index in [4.69, 9.17) is 4.74 Å². The molecule has 0 atom stereocenters. The van der Waals surface area contributed by atoms with Crippen molar-refractivity contribution < 1.29 is 4.74 Å². The van der Waals surface area contributed by atoms with E-state index in [0.717, 1.165) is 39.0 Å². The van der Waals surface area contributed by atoms with Gasteiger partial charge in [0.05, 0.1) is 28.1 Å². The maximum atomic E-state index is 5.60. The van der Waals surface area contributed by atoms with Crippen molar-refractivity contribution in [3.8, 4) is 0 Å². The predicted molar refractivity (Wildman–Crippen MR) is 79.4 cm³/mol. The van der Waals surface area contributed by atoms with Crippen LogP contribution in [0.2, 0.25) is 0 Å². The number of nitrogens with zero attached hydrogens (tertiary/aromatic N) is 2. The molecule has 0 saturated carbocycles. The molecule has 0 N–H and O–H groups in total. The highest BCUT2D eigenvalue weighted by Crippen LogP contribution is 2.18. The van der Waals surface area contributed by atoms with Crippen molar-refractivity contribution in [2.45, 2.75) is 53.0 Å². The number of hydrogen-bond donors (Lipinski definition) is 0. The van der Waals surface area contributed by atoms with Gasteiger partial charge in [-0.3, -0.25) is 4.68 Å². The van der Waals surface area contributed by atoms with Gasteiger partial charge < -0.3 is 4.74 Å². The van der Waals surface area contributed by atoms with E-state index in [2.05, 4.69) is 53.1 Å². The van der Waals surface area contributed by atoms with Crippen molar-refractivity contribution >= 4 is 22.6 Å². The first kappa shape index (κ1) is 15.0. The highest BCUT2D eigenvalue weighted by atomic mass is 127. The lowest BCUT2D eigenvalue weighted by molar-refractivity contribution is 0.120. The molecular weight excluding hydrogens is 327 g/mol. The van der Waals surface area contributed by atoms with Gasteiger partial charge in [-0.15, -0.1) is 0 Å². The van der Waals surface area contributed by atoms with Crippen LogP contribution in [0.1, 0.15) is 45.0 Å². The normalized spacial score (nSPS) is 11.1. The van der Waals surface area contributed by atoms with E-state index >= 15 is 0 Å². The van der Waals surface area contributed by atoms with Crippen molar-refractivity contribution in [3.05, 3.63) is 15.0 Å². The van der Waals surface area contributed by atoms with Gasteiger partial charge in [0, 0.05) is 6.61 Å². The minimum atomic E-state index is 0.772. The van der Waals surface area contributed by atoms with E-state index < -0.39 is 0 Å². The van der Waals surface area contributed by atoms with E-state index in [1.54, 1.807) is 0 Å². The van der Waals surface area contributed by atoms with Gasteiger partial charge in [-0.05, 0) is 41.9 Å². The molecule has 0 fully saturated rings. The molecule has 1 aromatic heterocycles. The Bertz CT molecular complexity index is 336. The topological polar surface area (TPSA) is 27.1 Å². The molecule has 98 valence electrons. The van der Waals surface area contributed by atoms with Gasteiger partial charge in [-0.25, -0.2) is 0 Å². The van der Waals surface area contributed by atoms with Crippen LogP contribution in [0.4, 0.5) is 0 Å². The average Bonchev–Trinajstić information content (AvgIpc) is 2.65. The first-order valence-electron chi connectivity index (χ1n) is 6.56. The molecule has 1 heterocycles. The molecule has 0 radical (unpaired) electrons. The zero-order chi connectivity index (χ0) is 12.7. The molecule has 0 spiro atoms. The fourth-order valence-corrected chi connectivity index (χ4v) is 2.93. The summed E-state index contributed by atoms with van der Waals surface area (Å²) in [4.78, 5) is 0. The van der Waals surface area contributed by atoms with Crippen molar-refractivity contribution in [2.24, 2.45) is 0 Å². The Balaban J connectivity index is 2.52. The first-order chi connectivity index (χ1) is 8.24. The lowest BCUT2D eigenvalue weighted by atomic mass is 10.2. The van der Waals surface area contributed by atoms with Crippen LogP contribution in [0, 0.1) is 3.57 Å². The van der Waals surface area contributed by atoms with E-state index in [1.165, 1.54) is 21.4 Å². The third-order valence-electron chi connectivity index (χ3n) is 2.82. The van der Waals surface area contributed by atoms with E-state index in [9.17, 15) is 0 Å². The largest absolute Gasteiger partial charge is 0.380 e. The van der Waals surface area contributed by atoms with Crippen LogP contribution in [0.5, 0.6) is 0 Å². The Morgan fingerprint density at radius 3 is 2.53 bits per heavy atom. The lowest BCUT2D eigenvalue weighted by Gasteiger charge is -2.07. The number of aryl methyl sites for hydroxylation is 1. The molecular formula is C13H23IN2O. The number of hydrogen-bond acceptors (Lipinski definition) is 2. The Hall–Kier alpha value is -0.100. The van der Waals surface area contributed by atoms with Crippen LogP contribution in [0.3, 0.4) is 0 Å². The molecule has 0 bridgehead atoms. The van der Waals surface area contributed by atoms with Crippen LogP contribution >= 0.6 is 22.6 Å². The SMILES string of the molecule is CCCCOCCn1nc(CC)c(I)c1CC. The fraction of sp³-hybridized carbons (Fsp3) is 0.769. The summed E-state index contributed by atoms with van der Waals surface area (Å²) in [5.41, 5.74) is 2.57. The van der Waals surface area contributed by atoms with Crippen LogP contribution < -0.4 is 0 Å². The van der Waals surface area contributed by atoms with Crippen molar-refractivity contribution in [1.82, 2.24) is 9.78 Å². The summed E-state index contributed by atoms with van der Waals surface area (Å²) < 4.78 is 9.05. The van der Waals surface area contributed by atoms with Gasteiger partial charge in [-0.1, -0.05) is 27.2 Å². The number of ether oxygens (including phenoxy) is 1. The summed E-state index contributed by atoms with van der Waals surface area (Å²) in [6.45, 7) is 9.05. The zero-order valence-electron chi connectivity index (χ0n) is 11.1. The van der Waals surface area contributed by atoms with Crippen LogP contribution in [0.15, 0.2) is 0 Å². The second-order valence-electron chi connectivity index (χ2n) is 4.10. The fourth-order valence-electron chi connectivity index (χ4n) is 1.78. The number of aromatic nitrogens is 2. The standard InChI is InChI=1S/C13H23IN2O/c1-4-7-9-17-10-8-16-12(6-3)13(14)11(5-2)15-16/h4-10H2,1-3H3. The molecule has 1 aromatic rings. The van der Waals surface area contributed by atoms with Crippen LogP contribution in [-0.2, 0) is 24.1 Å². The molecule has 0 aliphatic heterocycles. The van der Waals surface area contributed by atoms with Crippen molar-refractivity contribution in [2.75, 3.05) is 13.2 Å². The van der Waals surface area contributed by atoms with Crippen LogP contribution in [0.25, 0.3) is 0 Å². The molecule has 3 nitrogen and oxygen atoms in total. The molecule has 0 amide bonds. The van der Waals surface area contributed by atoms with Gasteiger partial charge in [-0.2, -0.15) is 5.10 Å². The Labute approximate surface area is 118 Å². The second-order valence-corrected chi connectivity index (χ2v) is 5.18. The summed E-state index contributed by atoms with van der Waals surface area (Å²) in [6.07, 6.45) is 4.40. The monoisotopic (exact) mass is 350 g/mol. The molecule has 0 aromatic carbocycles. The molecule has 0 aliphatic rings. The molecule has 17 heavy (non-hydrogen) atoms. The minimum absolute atomic E-state index is 0.772. The summed E-state index contributed by atoms with van der Waals surface area (Å²) >= 11 is 2.41. The highest BCUT2D eigenvalue weighted by Gasteiger charge is 2.12. The van der Waals surface area contributed by atoms with Crippen LogP contribution in [-0.4, -0.2) is 23.0 Å². The number of halogens is 1. The van der Waals surface area contributed by atoms with Crippen molar-refractivity contribution in [3.63, 3.8) is 0 Å². The van der Waals surface area contributed by atoms with E-state index in [1.807, 2.05) is 0 Å². The lowest BCUT2D eigenvalue weighted by Crippen LogP contribution is -2.11. The van der Waals surface area contributed by atoms with Gasteiger partial charge in [0.1, 0.15) is 0 Å². The highest BCUT2D eigenvalue weighted by molar-refractivity contribution is 14.1. The predicted octanol–water partition coefficient (Wildman–Crippen LogP) is 3.43. The summed E-state index contributed by atoms with van der Waals surface area (Å²) in [6, 6.07) is 0. The smallest absolute Gasteiger partial charge is 0.0758 e. The maximum Gasteiger partial charge on any atom is 0.0758 e. The Morgan fingerprint density at radius 1 is 1.18 bits per heavy atom. The third kappa shape index (κ3) is 4.25. The van der Waals surface area contributed by atoms with Crippen molar-refractivity contribution in [1.29, 1.82) is 0 Å².